The molecule has 60 heavy (non-hydrogen) atoms. The van der Waals surface area contributed by atoms with Gasteiger partial charge in [0.2, 0.25) is 0 Å². The van der Waals surface area contributed by atoms with Crippen molar-refractivity contribution >= 4 is 33.2 Å². The molecular formula is C55H67N4Pt-3. The summed E-state index contributed by atoms with van der Waals surface area (Å²) in [6.45, 7) is 41.1. The van der Waals surface area contributed by atoms with E-state index in [9.17, 15) is 0 Å². The van der Waals surface area contributed by atoms with Crippen molar-refractivity contribution < 1.29 is 21.1 Å². The third-order valence-corrected chi connectivity index (χ3v) is 12.3. The van der Waals surface area contributed by atoms with Crippen LogP contribution in [-0.4, -0.2) is 9.55 Å². The molecule has 0 N–H and O–H groups in total. The Hall–Kier alpha value is -4.14. The standard InChI is InChI=1S/C55H67N4.Pt/c1-50(2,3)36-18-20-45-46-21-19-38(33-48(46)59(47(45)32-36)49-34-37(22-23-56-49)51(4,5)6)55(16,17)42-27-41(54(13,14)15)30-44(31-42)58-25-24-57(35-58)43-28-39(52(7,8)9)26-40(29-43)53(10,11)12;/h18-30,32,34-35H,1-17H3;/q-3;. The van der Waals surface area contributed by atoms with Gasteiger partial charge in [-0.3, -0.25) is 0 Å². The Morgan fingerprint density at radius 1 is 0.483 bits per heavy atom. The van der Waals surface area contributed by atoms with E-state index < -0.39 is 5.41 Å². The van der Waals surface area contributed by atoms with Crippen LogP contribution in [0.5, 0.6) is 0 Å². The quantitative estimate of drug-likeness (QED) is 0.161. The minimum absolute atomic E-state index is 0. The van der Waals surface area contributed by atoms with Crippen LogP contribution >= 0.6 is 0 Å². The van der Waals surface area contributed by atoms with Gasteiger partial charge >= 0.3 is 0 Å². The second-order valence-corrected chi connectivity index (χ2v) is 22.6. The van der Waals surface area contributed by atoms with Crippen LogP contribution in [-0.2, 0) is 53.6 Å². The SMILES string of the molecule is CC(C)(C)c1cc(N2C=CN(c3cc(C(C)(C)C)cc(C(C)(C)C)c3)[CH-]2)[c-]c(C(C)(C)c2[c-]c3c(cc2)c2ccc(C(C)(C)C)cc2n3-c2cc(C(C)(C)C)ccn2)c1.[Pt]. The average Bonchev–Trinajstić information content (AvgIpc) is 3.76. The number of anilines is 2. The molecule has 4 nitrogen and oxygen atoms in total. The van der Waals surface area contributed by atoms with Crippen molar-refractivity contribution in [1.29, 1.82) is 0 Å². The number of benzene rings is 4. The summed E-state index contributed by atoms with van der Waals surface area (Å²) >= 11 is 0. The average molecular weight is 979 g/mol. The third-order valence-electron chi connectivity index (χ3n) is 12.3. The van der Waals surface area contributed by atoms with Gasteiger partial charge in [0.1, 0.15) is 5.82 Å². The van der Waals surface area contributed by atoms with Gasteiger partial charge in [0.25, 0.3) is 0 Å². The molecule has 2 aromatic heterocycles. The molecule has 6 aromatic rings. The van der Waals surface area contributed by atoms with Crippen molar-refractivity contribution in [2.45, 2.75) is 150 Å². The van der Waals surface area contributed by atoms with Gasteiger partial charge in [0.05, 0.1) is 0 Å². The fourth-order valence-electron chi connectivity index (χ4n) is 7.90. The number of aromatic nitrogens is 2. The van der Waals surface area contributed by atoms with E-state index in [1.807, 2.05) is 6.20 Å². The van der Waals surface area contributed by atoms with E-state index in [2.05, 4.69) is 236 Å². The fraction of sp³-hybridized carbons (Fsp3) is 0.418. The topological polar surface area (TPSA) is 24.3 Å². The summed E-state index contributed by atoms with van der Waals surface area (Å²) in [7, 11) is 0. The van der Waals surface area contributed by atoms with Gasteiger partial charge in [-0.25, -0.2) is 4.98 Å². The second-order valence-electron chi connectivity index (χ2n) is 22.6. The Bertz CT molecular complexity index is 2550. The molecule has 0 saturated heterocycles. The fourth-order valence-corrected chi connectivity index (χ4v) is 7.90. The number of hydrogen-bond donors (Lipinski definition) is 0. The predicted molar refractivity (Wildman–Crippen MR) is 253 cm³/mol. The first-order valence-corrected chi connectivity index (χ1v) is 21.5. The van der Waals surface area contributed by atoms with Crippen LogP contribution in [0.25, 0.3) is 27.6 Å². The van der Waals surface area contributed by atoms with Gasteiger partial charge in [0.15, 0.2) is 0 Å². The Labute approximate surface area is 376 Å². The summed E-state index contributed by atoms with van der Waals surface area (Å²) in [6.07, 6.45) is 6.29. The molecule has 0 spiro atoms. The molecule has 0 aliphatic carbocycles. The van der Waals surface area contributed by atoms with E-state index in [-0.39, 0.29) is 48.1 Å². The molecule has 0 radical (unpaired) electrons. The van der Waals surface area contributed by atoms with E-state index >= 15 is 0 Å². The number of pyridine rings is 1. The summed E-state index contributed by atoms with van der Waals surface area (Å²) in [4.78, 5) is 9.48. The molecule has 0 saturated carbocycles. The summed E-state index contributed by atoms with van der Waals surface area (Å²) in [5.74, 6) is 0.918. The molecule has 3 heterocycles. The number of hydrogen-bond acceptors (Lipinski definition) is 3. The first kappa shape index (κ1) is 45.4. The monoisotopic (exact) mass is 979 g/mol. The molecular weight excluding hydrogens is 912 g/mol. The molecule has 0 bridgehead atoms. The molecule has 1 aliphatic heterocycles. The number of fused-ring (bicyclic) bond motifs is 3. The van der Waals surface area contributed by atoms with E-state index in [1.165, 1.54) is 44.3 Å². The van der Waals surface area contributed by atoms with Crippen molar-refractivity contribution in [3.8, 4) is 5.82 Å². The zero-order valence-electron chi connectivity index (χ0n) is 39.3. The van der Waals surface area contributed by atoms with E-state index in [0.29, 0.717) is 0 Å². The Balaban J connectivity index is 0.00000604. The first-order chi connectivity index (χ1) is 27.1. The summed E-state index contributed by atoms with van der Waals surface area (Å²) in [6, 6.07) is 35.6. The molecule has 1 aliphatic rings. The van der Waals surface area contributed by atoms with Gasteiger partial charge in [0, 0.05) is 38.5 Å². The van der Waals surface area contributed by atoms with E-state index in [4.69, 9.17) is 4.98 Å². The van der Waals surface area contributed by atoms with Crippen LogP contribution in [0.3, 0.4) is 0 Å². The maximum atomic E-state index is 5.01. The maximum Gasteiger partial charge on any atom is 0.135 e. The molecule has 0 fully saturated rings. The van der Waals surface area contributed by atoms with E-state index in [1.54, 1.807) is 0 Å². The minimum Gasteiger partial charge on any atom is -0.500 e. The zero-order chi connectivity index (χ0) is 43.2. The van der Waals surface area contributed by atoms with Crippen molar-refractivity contribution in [1.82, 2.24) is 9.55 Å². The minimum atomic E-state index is -0.422. The molecule has 320 valence electrons. The molecule has 4 aromatic carbocycles. The largest absolute Gasteiger partial charge is 0.500 e. The number of nitrogens with zero attached hydrogens (tertiary/aromatic N) is 4. The smallest absolute Gasteiger partial charge is 0.135 e. The van der Waals surface area contributed by atoms with Gasteiger partial charge in [-0.2, -0.15) is 47.0 Å². The first-order valence-electron chi connectivity index (χ1n) is 21.5. The molecule has 0 atom stereocenters. The van der Waals surface area contributed by atoms with Crippen LogP contribution in [0.15, 0.2) is 91.4 Å². The third kappa shape index (κ3) is 8.79. The second kappa shape index (κ2) is 15.3. The van der Waals surface area contributed by atoms with Crippen LogP contribution in [0, 0.1) is 18.8 Å². The van der Waals surface area contributed by atoms with Gasteiger partial charge in [-0.15, -0.1) is 23.8 Å². The van der Waals surface area contributed by atoms with Crippen molar-refractivity contribution in [2.75, 3.05) is 9.80 Å². The zero-order valence-corrected chi connectivity index (χ0v) is 41.6. The Morgan fingerprint density at radius 2 is 1.02 bits per heavy atom. The van der Waals surface area contributed by atoms with Crippen LogP contribution < -0.4 is 9.80 Å². The summed E-state index contributed by atoms with van der Waals surface area (Å²) < 4.78 is 2.34. The molecule has 0 amide bonds. The van der Waals surface area contributed by atoms with Gasteiger partial charge in [-0.1, -0.05) is 141 Å². The van der Waals surface area contributed by atoms with Crippen LogP contribution in [0.2, 0.25) is 0 Å². The Morgan fingerprint density at radius 3 is 1.60 bits per heavy atom. The van der Waals surface area contributed by atoms with Crippen LogP contribution in [0.4, 0.5) is 11.4 Å². The van der Waals surface area contributed by atoms with Crippen molar-refractivity contribution in [3.05, 3.63) is 149 Å². The summed E-state index contributed by atoms with van der Waals surface area (Å²) in [5.41, 5.74) is 12.7. The van der Waals surface area contributed by atoms with Crippen molar-refractivity contribution in [2.24, 2.45) is 0 Å². The van der Waals surface area contributed by atoms with Crippen molar-refractivity contribution in [3.63, 3.8) is 0 Å². The van der Waals surface area contributed by atoms with Crippen LogP contribution in [0.1, 0.15) is 157 Å². The maximum absolute atomic E-state index is 5.01. The predicted octanol–water partition coefficient (Wildman–Crippen LogP) is 14.5. The van der Waals surface area contributed by atoms with Gasteiger partial charge < -0.3 is 14.4 Å². The summed E-state index contributed by atoms with van der Waals surface area (Å²) in [5, 5.41) is 2.39. The number of rotatable bonds is 5. The molecule has 5 heteroatoms. The van der Waals surface area contributed by atoms with Gasteiger partial charge in [-0.05, 0) is 103 Å². The molecule has 7 rings (SSSR count). The Kier molecular flexibility index (Phi) is 11.6. The van der Waals surface area contributed by atoms with E-state index in [0.717, 1.165) is 33.7 Å². The normalized spacial score (nSPS) is 14.4. The molecule has 0 unspecified atom stereocenters.